The molecule has 1 atom stereocenters. The van der Waals surface area contributed by atoms with Crippen LogP contribution in [0, 0.1) is 0 Å². The molecule has 0 radical (unpaired) electrons. The molecule has 1 heterocycles. The van der Waals surface area contributed by atoms with Crippen LogP contribution < -0.4 is 0 Å². The zero-order chi connectivity index (χ0) is 16.1. The van der Waals surface area contributed by atoms with Crippen molar-refractivity contribution in [2.24, 2.45) is 0 Å². The minimum atomic E-state index is -0.466. The highest BCUT2D eigenvalue weighted by Gasteiger charge is 2.25. The van der Waals surface area contributed by atoms with E-state index >= 15 is 0 Å². The summed E-state index contributed by atoms with van der Waals surface area (Å²) in [6, 6.07) is 16.2. The molecule has 3 heteroatoms. The number of hydrogen-bond acceptors (Lipinski definition) is 3. The minimum absolute atomic E-state index is 0.344. The van der Waals surface area contributed by atoms with E-state index in [2.05, 4.69) is 19.1 Å². The molecule has 0 saturated carbocycles. The van der Waals surface area contributed by atoms with Crippen molar-refractivity contribution in [2.75, 3.05) is 13.2 Å². The fourth-order valence-electron chi connectivity index (χ4n) is 3.09. The molecule has 1 fully saturated rings. The number of unbranched alkanes of at least 4 members (excludes halogenated alkanes) is 1. The van der Waals surface area contributed by atoms with Crippen LogP contribution in [0.4, 0.5) is 0 Å². The SMILES string of the molecule is CCCCC(O)c1cccc(C2OCCO2)c1-c1ccccc1. The van der Waals surface area contributed by atoms with Crippen LogP contribution in [0.15, 0.2) is 48.5 Å². The third kappa shape index (κ3) is 3.63. The predicted octanol–water partition coefficient (Wildman–Crippen LogP) is 4.62. The molecular formula is C20H24O3. The Kier molecular flexibility index (Phi) is 5.44. The van der Waals surface area contributed by atoms with Gasteiger partial charge >= 0.3 is 0 Å². The standard InChI is InChI=1S/C20H24O3/c1-2-3-12-18(21)16-10-7-11-17(20-22-13-14-23-20)19(16)15-8-5-4-6-9-15/h4-11,18,20-21H,2-3,12-14H2,1H3. The second-order valence-corrected chi connectivity index (χ2v) is 5.91. The van der Waals surface area contributed by atoms with Crippen LogP contribution in [0.3, 0.4) is 0 Å². The molecule has 1 aliphatic heterocycles. The second kappa shape index (κ2) is 7.73. The topological polar surface area (TPSA) is 38.7 Å². The van der Waals surface area contributed by atoms with Gasteiger partial charge in [0, 0.05) is 5.56 Å². The van der Waals surface area contributed by atoms with Gasteiger partial charge in [-0.25, -0.2) is 0 Å². The van der Waals surface area contributed by atoms with Crippen molar-refractivity contribution >= 4 is 0 Å². The van der Waals surface area contributed by atoms with E-state index in [1.165, 1.54) is 0 Å². The molecular weight excluding hydrogens is 288 g/mol. The Hall–Kier alpha value is -1.68. The van der Waals surface area contributed by atoms with Gasteiger partial charge in [-0.1, -0.05) is 68.3 Å². The lowest BCUT2D eigenvalue weighted by atomic mass is 9.89. The first-order valence-corrected chi connectivity index (χ1v) is 8.40. The van der Waals surface area contributed by atoms with Crippen molar-refractivity contribution in [3.8, 4) is 11.1 Å². The first-order valence-electron chi connectivity index (χ1n) is 8.40. The Bertz CT molecular complexity index is 618. The Morgan fingerprint density at radius 2 is 1.78 bits per heavy atom. The number of ether oxygens (including phenoxy) is 2. The van der Waals surface area contributed by atoms with Crippen molar-refractivity contribution in [1.82, 2.24) is 0 Å². The molecule has 23 heavy (non-hydrogen) atoms. The van der Waals surface area contributed by atoms with E-state index in [0.717, 1.165) is 41.5 Å². The summed E-state index contributed by atoms with van der Waals surface area (Å²) in [5.74, 6) is 0. The Morgan fingerprint density at radius 1 is 1.04 bits per heavy atom. The lowest BCUT2D eigenvalue weighted by Gasteiger charge is -2.21. The summed E-state index contributed by atoms with van der Waals surface area (Å²) in [6.45, 7) is 3.37. The van der Waals surface area contributed by atoms with Gasteiger partial charge in [0.15, 0.2) is 6.29 Å². The molecule has 1 unspecified atom stereocenters. The molecule has 3 rings (SSSR count). The van der Waals surface area contributed by atoms with Crippen LogP contribution in [-0.4, -0.2) is 18.3 Å². The zero-order valence-corrected chi connectivity index (χ0v) is 13.6. The van der Waals surface area contributed by atoms with Crippen LogP contribution in [0.5, 0.6) is 0 Å². The minimum Gasteiger partial charge on any atom is -0.388 e. The van der Waals surface area contributed by atoms with Crippen molar-refractivity contribution < 1.29 is 14.6 Å². The van der Waals surface area contributed by atoms with E-state index < -0.39 is 6.10 Å². The van der Waals surface area contributed by atoms with Gasteiger partial charge in [0.25, 0.3) is 0 Å². The summed E-state index contributed by atoms with van der Waals surface area (Å²) in [7, 11) is 0. The smallest absolute Gasteiger partial charge is 0.184 e. The summed E-state index contributed by atoms with van der Waals surface area (Å²) in [5.41, 5.74) is 4.10. The summed E-state index contributed by atoms with van der Waals surface area (Å²) in [5, 5.41) is 10.7. The van der Waals surface area contributed by atoms with Crippen molar-refractivity contribution in [2.45, 2.75) is 38.6 Å². The molecule has 2 aromatic carbocycles. The third-order valence-corrected chi connectivity index (χ3v) is 4.26. The van der Waals surface area contributed by atoms with Crippen LogP contribution in [-0.2, 0) is 9.47 Å². The molecule has 3 nitrogen and oxygen atoms in total. The monoisotopic (exact) mass is 312 g/mol. The average Bonchev–Trinajstić information content (AvgIpc) is 3.14. The molecule has 122 valence electrons. The van der Waals surface area contributed by atoms with Gasteiger partial charge in [-0.3, -0.25) is 0 Å². The van der Waals surface area contributed by atoms with E-state index in [9.17, 15) is 5.11 Å². The maximum atomic E-state index is 10.7. The van der Waals surface area contributed by atoms with Crippen molar-refractivity contribution in [1.29, 1.82) is 0 Å². The molecule has 0 aromatic heterocycles. The summed E-state index contributed by atoms with van der Waals surface area (Å²) in [4.78, 5) is 0. The molecule has 1 saturated heterocycles. The number of rotatable bonds is 6. The van der Waals surface area contributed by atoms with E-state index in [0.29, 0.717) is 13.2 Å². The summed E-state index contributed by atoms with van der Waals surface area (Å²) >= 11 is 0. The normalized spacial score (nSPS) is 16.6. The molecule has 0 bridgehead atoms. The van der Waals surface area contributed by atoms with Gasteiger partial charge in [-0.15, -0.1) is 0 Å². The molecule has 2 aromatic rings. The average molecular weight is 312 g/mol. The lowest BCUT2D eigenvalue weighted by molar-refractivity contribution is -0.0438. The van der Waals surface area contributed by atoms with Crippen LogP contribution in [0.1, 0.15) is 49.7 Å². The maximum Gasteiger partial charge on any atom is 0.184 e. The van der Waals surface area contributed by atoms with Crippen molar-refractivity contribution in [3.63, 3.8) is 0 Å². The summed E-state index contributed by atoms with van der Waals surface area (Å²) in [6.07, 6.45) is 2.05. The fraction of sp³-hybridized carbons (Fsp3) is 0.400. The highest BCUT2D eigenvalue weighted by Crippen LogP contribution is 2.38. The van der Waals surface area contributed by atoms with E-state index in [1.54, 1.807) is 0 Å². The maximum absolute atomic E-state index is 10.7. The van der Waals surface area contributed by atoms with Gasteiger partial charge in [-0.2, -0.15) is 0 Å². The molecule has 0 amide bonds. The summed E-state index contributed by atoms with van der Waals surface area (Å²) < 4.78 is 11.4. The fourth-order valence-corrected chi connectivity index (χ4v) is 3.09. The van der Waals surface area contributed by atoms with Gasteiger partial charge in [0.1, 0.15) is 0 Å². The highest BCUT2D eigenvalue weighted by molar-refractivity contribution is 5.72. The molecule has 0 spiro atoms. The van der Waals surface area contributed by atoms with E-state index in [1.807, 2.05) is 36.4 Å². The largest absolute Gasteiger partial charge is 0.388 e. The Balaban J connectivity index is 2.06. The number of aliphatic hydroxyl groups is 1. The van der Waals surface area contributed by atoms with Crippen LogP contribution in [0.2, 0.25) is 0 Å². The highest BCUT2D eigenvalue weighted by atomic mass is 16.7. The van der Waals surface area contributed by atoms with Crippen molar-refractivity contribution in [3.05, 3.63) is 59.7 Å². The quantitative estimate of drug-likeness (QED) is 0.845. The van der Waals surface area contributed by atoms with Gasteiger partial charge in [-0.05, 0) is 23.1 Å². The van der Waals surface area contributed by atoms with Gasteiger partial charge in [0.2, 0.25) is 0 Å². The van der Waals surface area contributed by atoms with Gasteiger partial charge in [0.05, 0.1) is 19.3 Å². The van der Waals surface area contributed by atoms with E-state index in [-0.39, 0.29) is 6.29 Å². The Morgan fingerprint density at radius 3 is 2.48 bits per heavy atom. The Labute approximate surface area is 137 Å². The van der Waals surface area contributed by atoms with E-state index in [4.69, 9.17) is 9.47 Å². The third-order valence-electron chi connectivity index (χ3n) is 4.26. The molecule has 1 N–H and O–H groups in total. The zero-order valence-electron chi connectivity index (χ0n) is 13.6. The van der Waals surface area contributed by atoms with Crippen LogP contribution in [0.25, 0.3) is 11.1 Å². The van der Waals surface area contributed by atoms with Gasteiger partial charge < -0.3 is 14.6 Å². The van der Waals surface area contributed by atoms with Crippen LogP contribution >= 0.6 is 0 Å². The number of hydrogen-bond donors (Lipinski definition) is 1. The molecule has 1 aliphatic rings. The number of benzene rings is 2. The number of aliphatic hydroxyl groups excluding tert-OH is 1. The first-order chi connectivity index (χ1) is 11.3. The second-order valence-electron chi connectivity index (χ2n) is 5.91. The molecule has 0 aliphatic carbocycles. The first kappa shape index (κ1) is 16.2. The predicted molar refractivity (Wildman–Crippen MR) is 91.0 cm³/mol. The lowest BCUT2D eigenvalue weighted by Crippen LogP contribution is -2.07.